The van der Waals surface area contributed by atoms with Gasteiger partial charge in [-0.15, -0.1) is 0 Å². The Morgan fingerprint density at radius 2 is 1.90 bits per heavy atom. The number of benzene rings is 1. The second kappa shape index (κ2) is 8.19. The first-order chi connectivity index (χ1) is 14.5. The average molecular weight is 447 g/mol. The summed E-state index contributed by atoms with van der Waals surface area (Å²) in [6.45, 7) is 0. The fourth-order valence-corrected chi connectivity index (χ4v) is 5.47. The van der Waals surface area contributed by atoms with E-state index in [0.29, 0.717) is 21.8 Å². The van der Waals surface area contributed by atoms with Gasteiger partial charge in [0.05, 0.1) is 10.8 Å². The van der Waals surface area contributed by atoms with Gasteiger partial charge >= 0.3 is 0 Å². The van der Waals surface area contributed by atoms with Crippen LogP contribution in [0.3, 0.4) is 0 Å². The van der Waals surface area contributed by atoms with Crippen LogP contribution in [0.1, 0.15) is 60.9 Å². The number of carbonyl (C=O) groups excluding carboxylic acids is 1. The van der Waals surface area contributed by atoms with Gasteiger partial charge < -0.3 is 14.2 Å². The summed E-state index contributed by atoms with van der Waals surface area (Å²) in [5.41, 5.74) is 1.53. The van der Waals surface area contributed by atoms with Crippen molar-refractivity contribution >= 4 is 39.4 Å². The van der Waals surface area contributed by atoms with E-state index in [-0.39, 0.29) is 23.6 Å². The van der Waals surface area contributed by atoms with Crippen molar-refractivity contribution in [2.45, 2.75) is 55.6 Å². The molecule has 1 aromatic carbocycles. The van der Waals surface area contributed by atoms with Crippen LogP contribution in [0.15, 0.2) is 44.3 Å². The number of hydrogen-bond acceptors (Lipinski definition) is 5. The number of carbonyl (C=O) groups is 1. The summed E-state index contributed by atoms with van der Waals surface area (Å²) in [6.07, 6.45) is 5.74. The van der Waals surface area contributed by atoms with E-state index >= 15 is 0 Å². The maximum atomic E-state index is 12.5. The van der Waals surface area contributed by atoms with Crippen molar-refractivity contribution in [1.29, 1.82) is 0 Å². The predicted octanol–water partition coefficient (Wildman–Crippen LogP) is 5.05. The van der Waals surface area contributed by atoms with Gasteiger partial charge in [0.1, 0.15) is 5.52 Å². The summed E-state index contributed by atoms with van der Waals surface area (Å²) in [5.74, 6) is 2.13. The number of halogens is 1. The fourth-order valence-electron chi connectivity index (χ4n) is 3.98. The van der Waals surface area contributed by atoms with Crippen LogP contribution in [-0.4, -0.2) is 26.9 Å². The second-order valence-electron chi connectivity index (χ2n) is 8.26. The van der Waals surface area contributed by atoms with Crippen molar-refractivity contribution in [1.82, 2.24) is 10.3 Å². The van der Waals surface area contributed by atoms with Crippen LogP contribution in [0.4, 0.5) is 0 Å². The number of fused-ring (bicyclic) bond motifs is 1. The zero-order valence-corrected chi connectivity index (χ0v) is 18.0. The molecule has 0 spiro atoms. The van der Waals surface area contributed by atoms with Crippen LogP contribution in [0.25, 0.3) is 11.1 Å². The van der Waals surface area contributed by atoms with Crippen molar-refractivity contribution in [3.63, 3.8) is 0 Å². The molecule has 30 heavy (non-hydrogen) atoms. The third-order valence-corrected chi connectivity index (χ3v) is 7.57. The molecular formula is C22H23ClN2O4S. The smallest absolute Gasteiger partial charge is 0.287 e. The summed E-state index contributed by atoms with van der Waals surface area (Å²) in [5, 5.41) is 4.09. The van der Waals surface area contributed by atoms with E-state index in [0.717, 1.165) is 55.5 Å². The molecule has 0 radical (unpaired) electrons. The Balaban J connectivity index is 1.16. The lowest BCUT2D eigenvalue weighted by Crippen LogP contribution is -2.37. The summed E-state index contributed by atoms with van der Waals surface area (Å²) >= 11 is 6.03. The van der Waals surface area contributed by atoms with Gasteiger partial charge in [0.25, 0.3) is 5.91 Å². The molecule has 0 unspecified atom stereocenters. The van der Waals surface area contributed by atoms with Gasteiger partial charge in [0, 0.05) is 22.7 Å². The molecule has 0 aliphatic heterocycles. The summed E-state index contributed by atoms with van der Waals surface area (Å²) in [7, 11) is -1.16. The molecule has 1 amide bonds. The Labute approximate surface area is 181 Å². The Hall–Kier alpha value is -2.12. The first-order valence-corrected chi connectivity index (χ1v) is 12.1. The lowest BCUT2D eigenvalue weighted by Gasteiger charge is -2.27. The molecule has 2 fully saturated rings. The first-order valence-electron chi connectivity index (χ1n) is 10.4. The Bertz CT molecular complexity index is 1100. The van der Waals surface area contributed by atoms with Gasteiger partial charge in [-0.1, -0.05) is 11.6 Å². The van der Waals surface area contributed by atoms with E-state index in [1.54, 1.807) is 18.2 Å². The molecule has 5 rings (SSSR count). The standard InChI is InChI=1S/C22H23ClN2O4S/c23-15-5-8-18-17(11-15)25-22(29-18)14-3-6-16(7-4-14)24-21(26)19-9-10-20(28-19)30(27)12-13-1-2-13/h5,8-11,13-14,16H,1-4,6-7,12H2,(H,24,26)/t14?,16?,30-/m1/s1. The molecule has 2 aliphatic rings. The Kier molecular flexibility index (Phi) is 5.41. The monoisotopic (exact) mass is 446 g/mol. The molecule has 158 valence electrons. The lowest BCUT2D eigenvalue weighted by molar-refractivity contribution is 0.0891. The highest BCUT2D eigenvalue weighted by atomic mass is 35.5. The molecule has 3 aromatic rings. The van der Waals surface area contributed by atoms with Crippen LogP contribution in [0, 0.1) is 5.92 Å². The van der Waals surface area contributed by atoms with Gasteiger partial charge in [0.2, 0.25) is 0 Å². The molecule has 2 aliphatic carbocycles. The molecule has 1 N–H and O–H groups in total. The summed E-state index contributed by atoms with van der Waals surface area (Å²) < 4.78 is 23.7. The molecule has 1 atom stereocenters. The summed E-state index contributed by atoms with van der Waals surface area (Å²) in [4.78, 5) is 17.1. The van der Waals surface area contributed by atoms with Gasteiger partial charge in [-0.05, 0) is 74.8 Å². The predicted molar refractivity (Wildman–Crippen MR) is 114 cm³/mol. The van der Waals surface area contributed by atoms with Crippen LogP contribution in [0.5, 0.6) is 0 Å². The van der Waals surface area contributed by atoms with E-state index < -0.39 is 10.8 Å². The van der Waals surface area contributed by atoms with Crippen molar-refractivity contribution < 1.29 is 17.8 Å². The molecule has 0 saturated heterocycles. The first kappa shape index (κ1) is 19.8. The van der Waals surface area contributed by atoms with Crippen molar-refractivity contribution in [3.05, 3.63) is 47.0 Å². The number of hydrogen-bond donors (Lipinski definition) is 1. The topological polar surface area (TPSA) is 85.3 Å². The molecule has 2 saturated carbocycles. The lowest BCUT2D eigenvalue weighted by atomic mass is 9.86. The van der Waals surface area contributed by atoms with E-state index in [9.17, 15) is 9.00 Å². The number of amides is 1. The fraction of sp³-hybridized carbons (Fsp3) is 0.455. The highest BCUT2D eigenvalue weighted by molar-refractivity contribution is 7.84. The maximum Gasteiger partial charge on any atom is 0.287 e. The zero-order chi connectivity index (χ0) is 20.7. The largest absolute Gasteiger partial charge is 0.442 e. The highest BCUT2D eigenvalue weighted by Crippen LogP contribution is 2.35. The van der Waals surface area contributed by atoms with Gasteiger partial charge in [0.15, 0.2) is 22.3 Å². The molecule has 0 bridgehead atoms. The van der Waals surface area contributed by atoms with Crippen molar-refractivity contribution in [3.8, 4) is 0 Å². The number of furan rings is 1. The van der Waals surface area contributed by atoms with Crippen LogP contribution < -0.4 is 5.32 Å². The molecule has 2 aromatic heterocycles. The summed E-state index contributed by atoms with van der Waals surface area (Å²) in [6, 6.07) is 8.81. The minimum absolute atomic E-state index is 0.0816. The number of nitrogens with one attached hydrogen (secondary N) is 1. The van der Waals surface area contributed by atoms with Crippen molar-refractivity contribution in [2.24, 2.45) is 5.92 Å². The van der Waals surface area contributed by atoms with Crippen LogP contribution >= 0.6 is 11.6 Å². The van der Waals surface area contributed by atoms with Crippen LogP contribution in [-0.2, 0) is 10.8 Å². The van der Waals surface area contributed by atoms with E-state index in [1.807, 2.05) is 12.1 Å². The maximum absolute atomic E-state index is 12.5. The van der Waals surface area contributed by atoms with E-state index in [4.69, 9.17) is 20.4 Å². The Morgan fingerprint density at radius 3 is 2.67 bits per heavy atom. The zero-order valence-electron chi connectivity index (χ0n) is 16.4. The molecule has 6 nitrogen and oxygen atoms in total. The third kappa shape index (κ3) is 4.32. The highest BCUT2D eigenvalue weighted by Gasteiger charge is 2.29. The number of aromatic nitrogens is 1. The minimum atomic E-state index is -1.16. The van der Waals surface area contributed by atoms with Gasteiger partial charge in [-0.3, -0.25) is 9.00 Å². The van der Waals surface area contributed by atoms with E-state index in [2.05, 4.69) is 10.3 Å². The average Bonchev–Trinajstić information content (AvgIpc) is 3.25. The van der Waals surface area contributed by atoms with Crippen molar-refractivity contribution in [2.75, 3.05) is 5.75 Å². The quantitative estimate of drug-likeness (QED) is 0.572. The number of nitrogens with zero attached hydrogens (tertiary/aromatic N) is 1. The van der Waals surface area contributed by atoms with Crippen LogP contribution in [0.2, 0.25) is 5.02 Å². The molecule has 8 heteroatoms. The van der Waals surface area contributed by atoms with Gasteiger partial charge in [-0.2, -0.15) is 0 Å². The van der Waals surface area contributed by atoms with E-state index in [1.165, 1.54) is 0 Å². The Morgan fingerprint density at radius 1 is 1.10 bits per heavy atom. The number of rotatable bonds is 6. The molecule has 2 heterocycles. The second-order valence-corrected chi connectivity index (χ2v) is 10.1. The normalized spacial score (nSPS) is 22.8. The SMILES string of the molecule is O=C(NC1CCC(c2nc3cc(Cl)ccc3o2)CC1)c1ccc([S@](=O)CC2CC2)o1. The minimum Gasteiger partial charge on any atom is -0.442 e. The number of oxazole rings is 1. The van der Waals surface area contributed by atoms with Gasteiger partial charge in [-0.25, -0.2) is 4.98 Å². The molecular weight excluding hydrogens is 424 g/mol. The third-order valence-electron chi connectivity index (χ3n) is 5.89.